The van der Waals surface area contributed by atoms with Gasteiger partial charge in [0.1, 0.15) is 0 Å². The minimum atomic E-state index is 0.220. The first-order valence-corrected chi connectivity index (χ1v) is 9.46. The van der Waals surface area contributed by atoms with E-state index in [4.69, 9.17) is 0 Å². The molecule has 0 bridgehead atoms. The standard InChI is InChI=1S/C19H23N3OS/c1-15-14-20-8-7-18(15)21-9-11-22(12-10-21)19(23)13-16-3-5-17(24-2)6-4-16/h3-8,14H,9-13H2,1-2H3. The number of rotatable bonds is 4. The lowest BCUT2D eigenvalue weighted by Gasteiger charge is -2.36. The fraction of sp³-hybridized carbons (Fsp3) is 0.368. The number of aryl methyl sites for hydroxylation is 1. The van der Waals surface area contributed by atoms with Gasteiger partial charge < -0.3 is 9.80 Å². The highest BCUT2D eigenvalue weighted by atomic mass is 32.2. The lowest BCUT2D eigenvalue weighted by atomic mass is 10.1. The first-order chi connectivity index (χ1) is 11.7. The van der Waals surface area contributed by atoms with Crippen LogP contribution in [0.3, 0.4) is 0 Å². The van der Waals surface area contributed by atoms with Gasteiger partial charge in [0.05, 0.1) is 6.42 Å². The van der Waals surface area contributed by atoms with Crippen LogP contribution in [0.25, 0.3) is 0 Å². The zero-order valence-corrected chi connectivity index (χ0v) is 15.1. The number of nitrogens with zero attached hydrogens (tertiary/aromatic N) is 3. The van der Waals surface area contributed by atoms with E-state index in [2.05, 4.69) is 53.4 Å². The fourth-order valence-electron chi connectivity index (χ4n) is 3.05. The van der Waals surface area contributed by atoms with Crippen LogP contribution in [0.4, 0.5) is 5.69 Å². The molecule has 0 N–H and O–H groups in total. The molecule has 5 heteroatoms. The van der Waals surface area contributed by atoms with Crippen molar-refractivity contribution in [2.24, 2.45) is 0 Å². The van der Waals surface area contributed by atoms with E-state index >= 15 is 0 Å². The molecule has 0 spiro atoms. The van der Waals surface area contributed by atoms with Crippen molar-refractivity contribution >= 4 is 23.4 Å². The molecule has 2 heterocycles. The third kappa shape index (κ3) is 3.90. The second-order valence-corrected chi connectivity index (χ2v) is 6.93. The molecule has 1 aliphatic heterocycles. The molecule has 0 radical (unpaired) electrons. The maximum absolute atomic E-state index is 12.5. The summed E-state index contributed by atoms with van der Waals surface area (Å²) in [5, 5.41) is 0. The number of carbonyl (C=O) groups excluding carboxylic acids is 1. The molecule has 0 saturated carbocycles. The number of anilines is 1. The molecule has 2 aromatic rings. The van der Waals surface area contributed by atoms with E-state index < -0.39 is 0 Å². The van der Waals surface area contributed by atoms with Gasteiger partial charge >= 0.3 is 0 Å². The zero-order chi connectivity index (χ0) is 16.9. The van der Waals surface area contributed by atoms with E-state index in [1.165, 1.54) is 16.1 Å². The Morgan fingerprint density at radius 1 is 1.12 bits per heavy atom. The van der Waals surface area contributed by atoms with Crippen molar-refractivity contribution < 1.29 is 4.79 Å². The van der Waals surface area contributed by atoms with Gasteiger partial charge in [-0.25, -0.2) is 0 Å². The van der Waals surface area contributed by atoms with Crippen LogP contribution in [0.5, 0.6) is 0 Å². The largest absolute Gasteiger partial charge is 0.368 e. The molecule has 126 valence electrons. The molecular weight excluding hydrogens is 318 g/mol. The fourth-order valence-corrected chi connectivity index (χ4v) is 3.46. The van der Waals surface area contributed by atoms with Crippen LogP contribution in [0.1, 0.15) is 11.1 Å². The predicted molar refractivity (Wildman–Crippen MR) is 99.7 cm³/mol. The molecule has 0 atom stereocenters. The highest BCUT2D eigenvalue weighted by molar-refractivity contribution is 7.98. The Labute approximate surface area is 147 Å². The van der Waals surface area contributed by atoms with E-state index in [1.54, 1.807) is 11.8 Å². The lowest BCUT2D eigenvalue weighted by Crippen LogP contribution is -2.49. The molecule has 1 aliphatic rings. The minimum Gasteiger partial charge on any atom is -0.368 e. The number of thioether (sulfide) groups is 1. The SMILES string of the molecule is CSc1ccc(CC(=O)N2CCN(c3ccncc3C)CC2)cc1. The average molecular weight is 341 g/mol. The van der Waals surface area contributed by atoms with Crippen molar-refractivity contribution in [1.29, 1.82) is 0 Å². The van der Waals surface area contributed by atoms with Crippen LogP contribution in [0, 0.1) is 6.92 Å². The van der Waals surface area contributed by atoms with Gasteiger partial charge in [0.15, 0.2) is 0 Å². The van der Waals surface area contributed by atoms with Crippen molar-refractivity contribution in [2.75, 3.05) is 37.3 Å². The summed E-state index contributed by atoms with van der Waals surface area (Å²) in [6.45, 7) is 5.40. The van der Waals surface area contributed by atoms with Crippen LogP contribution in [-0.4, -0.2) is 48.2 Å². The van der Waals surface area contributed by atoms with E-state index in [9.17, 15) is 4.79 Å². The van der Waals surface area contributed by atoms with Crippen molar-refractivity contribution in [1.82, 2.24) is 9.88 Å². The first kappa shape index (κ1) is 16.8. The molecule has 0 unspecified atom stereocenters. The number of piperazine rings is 1. The Bertz CT molecular complexity index is 694. The maximum atomic E-state index is 12.5. The van der Waals surface area contributed by atoms with Gasteiger partial charge in [0.2, 0.25) is 5.91 Å². The molecule has 1 aromatic heterocycles. The Hall–Kier alpha value is -2.01. The molecule has 1 fully saturated rings. The summed E-state index contributed by atoms with van der Waals surface area (Å²) >= 11 is 1.72. The molecule has 1 saturated heterocycles. The summed E-state index contributed by atoms with van der Waals surface area (Å²) in [5.74, 6) is 0.220. The number of hydrogen-bond donors (Lipinski definition) is 0. The highest BCUT2D eigenvalue weighted by Crippen LogP contribution is 2.20. The summed E-state index contributed by atoms with van der Waals surface area (Å²) in [5.41, 5.74) is 3.50. The van der Waals surface area contributed by atoms with Crippen molar-refractivity contribution in [2.45, 2.75) is 18.2 Å². The van der Waals surface area contributed by atoms with Crippen LogP contribution < -0.4 is 4.90 Å². The summed E-state index contributed by atoms with van der Waals surface area (Å²) in [6, 6.07) is 10.3. The quantitative estimate of drug-likeness (QED) is 0.801. The van der Waals surface area contributed by atoms with Crippen molar-refractivity contribution in [3.63, 3.8) is 0 Å². The Balaban J connectivity index is 1.56. The molecule has 4 nitrogen and oxygen atoms in total. The van der Waals surface area contributed by atoms with Gasteiger partial charge in [-0.15, -0.1) is 11.8 Å². The summed E-state index contributed by atoms with van der Waals surface area (Å²) < 4.78 is 0. The smallest absolute Gasteiger partial charge is 0.227 e. The topological polar surface area (TPSA) is 36.4 Å². The Kier molecular flexibility index (Phi) is 5.41. The molecule has 3 rings (SSSR count). The Morgan fingerprint density at radius 3 is 2.46 bits per heavy atom. The minimum absolute atomic E-state index is 0.220. The van der Waals surface area contributed by atoms with Gasteiger partial charge in [-0.05, 0) is 42.5 Å². The summed E-state index contributed by atoms with van der Waals surface area (Å²) in [7, 11) is 0. The molecule has 0 aliphatic carbocycles. The van der Waals surface area contributed by atoms with E-state index in [-0.39, 0.29) is 5.91 Å². The van der Waals surface area contributed by atoms with Crippen molar-refractivity contribution in [3.8, 4) is 0 Å². The van der Waals surface area contributed by atoms with Gasteiger partial charge in [-0.3, -0.25) is 9.78 Å². The third-order valence-corrected chi connectivity index (χ3v) is 5.22. The molecule has 1 amide bonds. The van der Waals surface area contributed by atoms with Crippen LogP contribution in [0.2, 0.25) is 0 Å². The number of benzene rings is 1. The lowest BCUT2D eigenvalue weighted by molar-refractivity contribution is -0.130. The zero-order valence-electron chi connectivity index (χ0n) is 14.2. The van der Waals surface area contributed by atoms with Crippen molar-refractivity contribution in [3.05, 3.63) is 53.9 Å². The Morgan fingerprint density at radius 2 is 1.83 bits per heavy atom. The van der Waals surface area contributed by atoms with E-state index in [0.29, 0.717) is 6.42 Å². The monoisotopic (exact) mass is 341 g/mol. The number of carbonyl (C=O) groups is 1. The number of amides is 1. The second-order valence-electron chi connectivity index (χ2n) is 6.05. The first-order valence-electron chi connectivity index (χ1n) is 8.23. The molecule has 24 heavy (non-hydrogen) atoms. The number of pyridine rings is 1. The number of hydrogen-bond acceptors (Lipinski definition) is 4. The molecular formula is C19H23N3OS. The van der Waals surface area contributed by atoms with E-state index in [1.807, 2.05) is 17.3 Å². The van der Waals surface area contributed by atoms with E-state index in [0.717, 1.165) is 31.7 Å². The van der Waals surface area contributed by atoms with Gasteiger partial charge in [-0.2, -0.15) is 0 Å². The molecule has 1 aromatic carbocycles. The van der Waals surface area contributed by atoms with Gasteiger partial charge in [0, 0.05) is 49.2 Å². The van der Waals surface area contributed by atoms with Crippen LogP contribution >= 0.6 is 11.8 Å². The van der Waals surface area contributed by atoms with Crippen LogP contribution in [0.15, 0.2) is 47.6 Å². The average Bonchev–Trinajstić information content (AvgIpc) is 2.63. The highest BCUT2D eigenvalue weighted by Gasteiger charge is 2.22. The maximum Gasteiger partial charge on any atom is 0.227 e. The van der Waals surface area contributed by atoms with Crippen LogP contribution in [-0.2, 0) is 11.2 Å². The normalized spacial score (nSPS) is 14.8. The predicted octanol–water partition coefficient (Wildman–Crippen LogP) is 3.00. The summed E-state index contributed by atoms with van der Waals surface area (Å²) in [4.78, 5) is 22.2. The van der Waals surface area contributed by atoms with Gasteiger partial charge in [-0.1, -0.05) is 12.1 Å². The number of aromatic nitrogens is 1. The third-order valence-electron chi connectivity index (χ3n) is 4.48. The van der Waals surface area contributed by atoms with Gasteiger partial charge in [0.25, 0.3) is 0 Å². The summed E-state index contributed by atoms with van der Waals surface area (Å²) in [6.07, 6.45) is 6.27. The second kappa shape index (κ2) is 7.71.